The van der Waals surface area contributed by atoms with E-state index in [0.29, 0.717) is 46.6 Å². The number of nitrogens with two attached hydrogens (primary N) is 1. The fraction of sp³-hybridized carbons (Fsp3) is 0.333. The van der Waals surface area contributed by atoms with Gasteiger partial charge in [-0.05, 0) is 24.6 Å². The number of fused-ring (bicyclic) bond motifs is 1. The molecular formula is C18H18Cl2N4O2. The van der Waals surface area contributed by atoms with E-state index >= 15 is 0 Å². The Morgan fingerprint density at radius 1 is 1.23 bits per heavy atom. The van der Waals surface area contributed by atoms with Crippen LogP contribution in [0.2, 0.25) is 10.0 Å². The summed E-state index contributed by atoms with van der Waals surface area (Å²) in [4.78, 5) is 20.8. The molecule has 1 aromatic heterocycles. The first kappa shape index (κ1) is 17.2. The van der Waals surface area contributed by atoms with Crippen molar-refractivity contribution in [3.8, 4) is 5.75 Å². The predicted molar refractivity (Wildman–Crippen MR) is 102 cm³/mol. The van der Waals surface area contributed by atoms with Crippen LogP contribution in [-0.2, 0) is 4.79 Å². The second-order valence-corrected chi connectivity index (χ2v) is 7.54. The first-order valence-electron chi connectivity index (χ1n) is 8.37. The van der Waals surface area contributed by atoms with Gasteiger partial charge in [0.15, 0.2) is 0 Å². The monoisotopic (exact) mass is 392 g/mol. The van der Waals surface area contributed by atoms with Crippen molar-refractivity contribution in [2.75, 3.05) is 30.3 Å². The van der Waals surface area contributed by atoms with Crippen LogP contribution in [0.4, 0.5) is 11.5 Å². The third-order valence-electron chi connectivity index (χ3n) is 5.10. The Hall–Kier alpha value is -2.18. The molecule has 0 spiro atoms. The van der Waals surface area contributed by atoms with Gasteiger partial charge in [-0.1, -0.05) is 23.2 Å². The Balaban J connectivity index is 1.59. The Bertz CT molecular complexity index is 876. The number of aromatic nitrogens is 1. The smallest absolute Gasteiger partial charge is 0.242 e. The summed E-state index contributed by atoms with van der Waals surface area (Å²) in [7, 11) is 0. The number of amides is 1. The van der Waals surface area contributed by atoms with Crippen LogP contribution in [0.3, 0.4) is 0 Å². The van der Waals surface area contributed by atoms with Gasteiger partial charge in [0.05, 0.1) is 16.6 Å². The first-order chi connectivity index (χ1) is 12.4. The lowest BCUT2D eigenvalue weighted by Crippen LogP contribution is -2.54. The highest BCUT2D eigenvalue weighted by molar-refractivity contribution is 6.42. The van der Waals surface area contributed by atoms with Crippen LogP contribution in [-0.4, -0.2) is 46.6 Å². The van der Waals surface area contributed by atoms with Crippen molar-refractivity contribution in [3.05, 3.63) is 46.1 Å². The number of phenols is 1. The summed E-state index contributed by atoms with van der Waals surface area (Å²) in [6, 6.07) is 6.64. The highest BCUT2D eigenvalue weighted by Crippen LogP contribution is 2.43. The molecule has 0 aliphatic carbocycles. The van der Waals surface area contributed by atoms with E-state index in [1.54, 1.807) is 30.5 Å². The lowest BCUT2D eigenvalue weighted by atomic mass is 9.95. The van der Waals surface area contributed by atoms with Gasteiger partial charge in [-0.3, -0.25) is 4.79 Å². The van der Waals surface area contributed by atoms with E-state index in [4.69, 9.17) is 28.9 Å². The zero-order valence-electron chi connectivity index (χ0n) is 13.9. The number of anilines is 2. The standard InChI is InChI=1S/C18H18Cl2N4O2/c19-13-1-2-14(25)17(18(13)20)10-5-12-8-23(9-16(26)24(12)7-10)15-6-11(21)3-4-22-15/h1-4,6,10,12,25H,5,7-9H2,(H2,21,22)/t10-,12-/m0/s1. The number of nitrogen functional groups attached to an aromatic ring is 1. The molecule has 1 amide bonds. The van der Waals surface area contributed by atoms with Crippen LogP contribution < -0.4 is 10.6 Å². The van der Waals surface area contributed by atoms with Crippen LogP contribution in [0.5, 0.6) is 5.75 Å². The molecule has 0 saturated carbocycles. The number of pyridine rings is 1. The summed E-state index contributed by atoms with van der Waals surface area (Å²) in [6.45, 7) is 1.45. The van der Waals surface area contributed by atoms with Crippen LogP contribution >= 0.6 is 23.2 Å². The molecule has 2 aliphatic rings. The zero-order valence-corrected chi connectivity index (χ0v) is 15.4. The van der Waals surface area contributed by atoms with Gasteiger partial charge in [0.1, 0.15) is 11.6 Å². The van der Waals surface area contributed by atoms with Crippen LogP contribution in [0.15, 0.2) is 30.5 Å². The molecule has 2 aliphatic heterocycles. The van der Waals surface area contributed by atoms with Crippen LogP contribution in [0.25, 0.3) is 0 Å². The van der Waals surface area contributed by atoms with Crippen molar-refractivity contribution in [2.24, 2.45) is 0 Å². The topological polar surface area (TPSA) is 82.7 Å². The quantitative estimate of drug-likeness (QED) is 0.820. The van der Waals surface area contributed by atoms with Gasteiger partial charge >= 0.3 is 0 Å². The van der Waals surface area contributed by atoms with Gasteiger partial charge in [-0.25, -0.2) is 4.98 Å². The van der Waals surface area contributed by atoms with Gasteiger partial charge in [0, 0.05) is 48.6 Å². The fourth-order valence-corrected chi connectivity index (χ4v) is 4.38. The normalized spacial score (nSPS) is 22.6. The first-order valence-corrected chi connectivity index (χ1v) is 9.12. The number of hydrogen-bond donors (Lipinski definition) is 2. The minimum absolute atomic E-state index is 0.0268. The third kappa shape index (κ3) is 2.93. The SMILES string of the molecule is Nc1ccnc(N2CC(=O)N3C[C@@H](c4c(O)ccc(Cl)c4Cl)C[C@H]3C2)c1. The van der Waals surface area contributed by atoms with Crippen molar-refractivity contribution in [1.82, 2.24) is 9.88 Å². The minimum Gasteiger partial charge on any atom is -0.508 e. The van der Waals surface area contributed by atoms with Crippen molar-refractivity contribution in [3.63, 3.8) is 0 Å². The number of phenolic OH excluding ortho intramolecular Hbond substituents is 1. The van der Waals surface area contributed by atoms with E-state index in [9.17, 15) is 9.90 Å². The van der Waals surface area contributed by atoms with E-state index in [1.165, 1.54) is 0 Å². The van der Waals surface area contributed by atoms with E-state index in [-0.39, 0.29) is 30.2 Å². The summed E-state index contributed by atoms with van der Waals surface area (Å²) in [5.74, 6) is 0.797. The lowest BCUT2D eigenvalue weighted by molar-refractivity contribution is -0.132. The number of halogens is 2. The van der Waals surface area contributed by atoms with Crippen molar-refractivity contribution < 1.29 is 9.90 Å². The summed E-state index contributed by atoms with van der Waals surface area (Å²) in [5.41, 5.74) is 7.07. The average Bonchev–Trinajstić information content (AvgIpc) is 3.03. The number of carbonyl (C=O) groups is 1. The molecule has 2 atom stereocenters. The largest absolute Gasteiger partial charge is 0.508 e. The molecule has 3 heterocycles. The third-order valence-corrected chi connectivity index (χ3v) is 5.92. The molecule has 26 heavy (non-hydrogen) atoms. The second-order valence-electron chi connectivity index (χ2n) is 6.75. The van der Waals surface area contributed by atoms with Crippen molar-refractivity contribution in [1.29, 1.82) is 0 Å². The van der Waals surface area contributed by atoms with Crippen LogP contribution in [0, 0.1) is 0 Å². The number of aromatic hydroxyl groups is 1. The Labute approximate surface area is 161 Å². The molecule has 4 rings (SSSR count). The van der Waals surface area contributed by atoms with Gasteiger partial charge in [-0.15, -0.1) is 0 Å². The lowest BCUT2D eigenvalue weighted by Gasteiger charge is -2.37. The molecule has 0 unspecified atom stereocenters. The molecule has 2 saturated heterocycles. The minimum atomic E-state index is -0.0519. The summed E-state index contributed by atoms with van der Waals surface area (Å²) < 4.78 is 0. The molecule has 136 valence electrons. The maximum atomic E-state index is 12.7. The number of rotatable bonds is 2. The summed E-state index contributed by atoms with van der Waals surface area (Å²) in [6.07, 6.45) is 2.35. The predicted octanol–water partition coefficient (Wildman–Crippen LogP) is 2.88. The van der Waals surface area contributed by atoms with Gasteiger partial charge in [0.25, 0.3) is 0 Å². The number of piperazine rings is 1. The molecule has 2 aromatic rings. The molecule has 0 radical (unpaired) electrons. The van der Waals surface area contributed by atoms with Crippen LogP contribution in [0.1, 0.15) is 17.9 Å². The van der Waals surface area contributed by atoms with E-state index < -0.39 is 0 Å². The van der Waals surface area contributed by atoms with E-state index in [0.717, 1.165) is 0 Å². The Morgan fingerprint density at radius 3 is 2.81 bits per heavy atom. The molecule has 2 fully saturated rings. The van der Waals surface area contributed by atoms with Gasteiger partial charge in [0.2, 0.25) is 5.91 Å². The number of benzene rings is 1. The molecular weight excluding hydrogens is 375 g/mol. The average molecular weight is 393 g/mol. The molecule has 6 nitrogen and oxygen atoms in total. The fourth-order valence-electron chi connectivity index (χ4n) is 3.90. The highest BCUT2D eigenvalue weighted by atomic mass is 35.5. The Morgan fingerprint density at radius 2 is 2.04 bits per heavy atom. The Kier molecular flexibility index (Phi) is 4.32. The van der Waals surface area contributed by atoms with E-state index in [2.05, 4.69) is 4.98 Å². The van der Waals surface area contributed by atoms with Gasteiger partial charge < -0.3 is 20.6 Å². The maximum Gasteiger partial charge on any atom is 0.242 e. The summed E-state index contributed by atoms with van der Waals surface area (Å²) in [5, 5.41) is 11.0. The molecule has 8 heteroatoms. The second kappa shape index (κ2) is 6.52. The molecule has 1 aromatic carbocycles. The van der Waals surface area contributed by atoms with E-state index in [1.807, 2.05) is 9.80 Å². The zero-order chi connectivity index (χ0) is 18.4. The summed E-state index contributed by atoms with van der Waals surface area (Å²) >= 11 is 12.4. The van der Waals surface area contributed by atoms with Gasteiger partial charge in [-0.2, -0.15) is 0 Å². The number of carbonyl (C=O) groups excluding carboxylic acids is 1. The number of nitrogens with zero attached hydrogens (tertiary/aromatic N) is 3. The van der Waals surface area contributed by atoms with Crippen molar-refractivity contribution in [2.45, 2.75) is 18.4 Å². The highest BCUT2D eigenvalue weighted by Gasteiger charge is 2.42. The molecule has 3 N–H and O–H groups in total. The molecule has 0 bridgehead atoms. The number of hydrogen-bond acceptors (Lipinski definition) is 5. The van der Waals surface area contributed by atoms with Crippen molar-refractivity contribution >= 4 is 40.6 Å². The maximum absolute atomic E-state index is 12.7.